The number of anilines is 3. The van der Waals surface area contributed by atoms with Crippen LogP contribution in [0.1, 0.15) is 28.4 Å². The molecule has 0 atom stereocenters. The first-order valence-electron chi connectivity index (χ1n) is 8.45. The summed E-state index contributed by atoms with van der Waals surface area (Å²) in [5.74, 6) is -0.108. The quantitative estimate of drug-likeness (QED) is 0.733. The van der Waals surface area contributed by atoms with Crippen molar-refractivity contribution < 1.29 is 4.79 Å². The van der Waals surface area contributed by atoms with E-state index in [0.29, 0.717) is 17.8 Å². The van der Waals surface area contributed by atoms with Gasteiger partial charge in [0.25, 0.3) is 5.91 Å². The summed E-state index contributed by atoms with van der Waals surface area (Å²) in [4.78, 5) is 14.7. The molecule has 1 heterocycles. The normalized spacial score (nSPS) is 13.3. The topological polar surface area (TPSA) is 70.4 Å². The van der Waals surface area contributed by atoms with Gasteiger partial charge < -0.3 is 21.3 Å². The minimum Gasteiger partial charge on any atom is -0.397 e. The number of hydrogen-bond acceptors (Lipinski definition) is 4. The van der Waals surface area contributed by atoms with Crippen LogP contribution in [0, 0.1) is 0 Å². The summed E-state index contributed by atoms with van der Waals surface area (Å²) in [6, 6.07) is 9.72. The van der Waals surface area contributed by atoms with Gasteiger partial charge in [-0.3, -0.25) is 4.79 Å². The van der Waals surface area contributed by atoms with E-state index in [1.165, 1.54) is 11.1 Å². The van der Waals surface area contributed by atoms with Crippen LogP contribution in [0.15, 0.2) is 30.3 Å². The van der Waals surface area contributed by atoms with Crippen molar-refractivity contribution in [3.05, 3.63) is 52.0 Å². The van der Waals surface area contributed by atoms with E-state index in [2.05, 4.69) is 21.6 Å². The van der Waals surface area contributed by atoms with Crippen molar-refractivity contribution in [1.29, 1.82) is 0 Å². The third-order valence-electron chi connectivity index (χ3n) is 4.54. The highest BCUT2D eigenvalue weighted by Gasteiger charge is 2.23. The Morgan fingerprint density at radius 2 is 2.08 bits per heavy atom. The monoisotopic (exact) mass is 358 g/mol. The fraction of sp³-hybridized carbons (Fsp3) is 0.316. The predicted octanol–water partition coefficient (Wildman–Crippen LogP) is 3.28. The van der Waals surface area contributed by atoms with E-state index in [-0.39, 0.29) is 5.91 Å². The summed E-state index contributed by atoms with van der Waals surface area (Å²) in [6.07, 6.45) is 0.917. The average molecular weight is 359 g/mol. The number of amides is 1. The van der Waals surface area contributed by atoms with Gasteiger partial charge in [0, 0.05) is 31.7 Å². The van der Waals surface area contributed by atoms with Crippen LogP contribution in [-0.4, -0.2) is 26.0 Å². The van der Waals surface area contributed by atoms with E-state index < -0.39 is 0 Å². The van der Waals surface area contributed by atoms with E-state index in [1.54, 1.807) is 6.07 Å². The van der Waals surface area contributed by atoms with Gasteiger partial charge in [0.1, 0.15) is 0 Å². The summed E-state index contributed by atoms with van der Waals surface area (Å²) in [7, 11) is 1.83. The molecule has 3 rings (SSSR count). The van der Waals surface area contributed by atoms with Crippen LogP contribution in [0.4, 0.5) is 17.1 Å². The number of hydrogen-bond donors (Lipinski definition) is 3. The molecule has 0 aromatic heterocycles. The zero-order valence-electron chi connectivity index (χ0n) is 14.5. The third-order valence-corrected chi connectivity index (χ3v) is 4.78. The molecule has 6 heteroatoms. The number of nitrogens with two attached hydrogens (primary N) is 1. The molecule has 5 nitrogen and oxygen atoms in total. The summed E-state index contributed by atoms with van der Waals surface area (Å²) in [6.45, 7) is 4.04. The van der Waals surface area contributed by atoms with Crippen LogP contribution < -0.4 is 21.3 Å². The van der Waals surface area contributed by atoms with Crippen molar-refractivity contribution in [2.24, 2.45) is 0 Å². The second kappa shape index (κ2) is 7.23. The second-order valence-electron chi connectivity index (χ2n) is 6.15. The maximum atomic E-state index is 12.5. The highest BCUT2D eigenvalue weighted by molar-refractivity contribution is 6.30. The van der Waals surface area contributed by atoms with Gasteiger partial charge in [-0.15, -0.1) is 0 Å². The van der Waals surface area contributed by atoms with Gasteiger partial charge in [-0.1, -0.05) is 17.7 Å². The number of carbonyl (C=O) groups is 1. The SMILES string of the molecule is CCNC(=O)c1cc(N)c(NC)cc1N1CCc2ccc(Cl)cc2C1. The molecule has 132 valence electrons. The number of nitrogen functional groups attached to an aromatic ring is 1. The molecule has 0 radical (unpaired) electrons. The molecule has 0 fully saturated rings. The van der Waals surface area contributed by atoms with Crippen LogP contribution in [0.3, 0.4) is 0 Å². The molecular weight excluding hydrogens is 336 g/mol. The molecule has 0 spiro atoms. The van der Waals surface area contributed by atoms with Gasteiger partial charge in [0.05, 0.1) is 22.6 Å². The first kappa shape index (κ1) is 17.4. The maximum Gasteiger partial charge on any atom is 0.253 e. The van der Waals surface area contributed by atoms with Crippen LogP contribution >= 0.6 is 11.6 Å². The van der Waals surface area contributed by atoms with Crippen LogP contribution in [0.5, 0.6) is 0 Å². The number of rotatable bonds is 4. The molecule has 1 amide bonds. The van der Waals surface area contributed by atoms with Gasteiger partial charge in [-0.25, -0.2) is 0 Å². The summed E-state index contributed by atoms with van der Waals surface area (Å²) < 4.78 is 0. The summed E-state index contributed by atoms with van der Waals surface area (Å²) in [5.41, 5.74) is 11.5. The van der Waals surface area contributed by atoms with Crippen molar-refractivity contribution in [1.82, 2.24) is 5.32 Å². The fourth-order valence-electron chi connectivity index (χ4n) is 3.25. The Hall–Kier alpha value is -2.40. The number of nitrogens with zero attached hydrogens (tertiary/aromatic N) is 1. The lowest BCUT2D eigenvalue weighted by atomic mass is 9.98. The minimum atomic E-state index is -0.108. The number of nitrogens with one attached hydrogen (secondary N) is 2. The van der Waals surface area contributed by atoms with Crippen LogP contribution in [0.2, 0.25) is 5.02 Å². The Bertz CT molecular complexity index is 806. The number of carbonyl (C=O) groups excluding carboxylic acids is 1. The van der Waals surface area contributed by atoms with Crippen LogP contribution in [-0.2, 0) is 13.0 Å². The lowest BCUT2D eigenvalue weighted by molar-refractivity contribution is 0.0956. The van der Waals surface area contributed by atoms with Gasteiger partial charge >= 0.3 is 0 Å². The summed E-state index contributed by atoms with van der Waals surface area (Å²) >= 11 is 6.15. The Morgan fingerprint density at radius 1 is 1.28 bits per heavy atom. The van der Waals surface area contributed by atoms with Gasteiger partial charge in [-0.2, -0.15) is 0 Å². The zero-order chi connectivity index (χ0) is 18.0. The summed E-state index contributed by atoms with van der Waals surface area (Å²) in [5, 5.41) is 6.70. The number of benzene rings is 2. The van der Waals surface area contributed by atoms with Crippen molar-refractivity contribution in [2.45, 2.75) is 19.9 Å². The predicted molar refractivity (Wildman–Crippen MR) is 105 cm³/mol. The van der Waals surface area contributed by atoms with Gasteiger partial charge in [0.2, 0.25) is 0 Å². The molecule has 1 aliphatic rings. The molecule has 2 aromatic rings. The molecule has 0 aliphatic carbocycles. The van der Waals surface area contributed by atoms with Crippen molar-refractivity contribution >= 4 is 34.6 Å². The molecule has 1 aliphatic heterocycles. The molecule has 0 unspecified atom stereocenters. The molecule has 25 heavy (non-hydrogen) atoms. The Labute approximate surface area is 153 Å². The third kappa shape index (κ3) is 3.51. The first-order chi connectivity index (χ1) is 12.0. The average Bonchev–Trinajstić information content (AvgIpc) is 2.61. The van der Waals surface area contributed by atoms with E-state index in [9.17, 15) is 4.79 Å². The van der Waals surface area contributed by atoms with E-state index in [4.69, 9.17) is 17.3 Å². The van der Waals surface area contributed by atoms with Crippen molar-refractivity contribution in [3.63, 3.8) is 0 Å². The lowest BCUT2D eigenvalue weighted by Gasteiger charge is -2.32. The molecule has 0 saturated carbocycles. The number of fused-ring (bicyclic) bond motifs is 1. The zero-order valence-corrected chi connectivity index (χ0v) is 15.3. The lowest BCUT2D eigenvalue weighted by Crippen LogP contribution is -2.33. The smallest absolute Gasteiger partial charge is 0.253 e. The van der Waals surface area contributed by atoms with Crippen molar-refractivity contribution in [3.8, 4) is 0 Å². The molecule has 0 bridgehead atoms. The first-order valence-corrected chi connectivity index (χ1v) is 8.83. The fourth-order valence-corrected chi connectivity index (χ4v) is 3.45. The number of halogens is 1. The molecule has 2 aromatic carbocycles. The minimum absolute atomic E-state index is 0.108. The van der Waals surface area contributed by atoms with Gasteiger partial charge in [0.15, 0.2) is 0 Å². The Morgan fingerprint density at radius 3 is 2.80 bits per heavy atom. The second-order valence-corrected chi connectivity index (χ2v) is 6.59. The largest absolute Gasteiger partial charge is 0.397 e. The highest BCUT2D eigenvalue weighted by Crippen LogP contribution is 2.33. The van der Waals surface area contributed by atoms with E-state index >= 15 is 0 Å². The molecule has 4 N–H and O–H groups in total. The maximum absolute atomic E-state index is 12.5. The van der Waals surface area contributed by atoms with E-state index in [0.717, 1.165) is 35.9 Å². The van der Waals surface area contributed by atoms with Crippen LogP contribution in [0.25, 0.3) is 0 Å². The Balaban J connectivity index is 2.02. The van der Waals surface area contributed by atoms with Crippen molar-refractivity contribution in [2.75, 3.05) is 36.1 Å². The Kier molecular flexibility index (Phi) is 5.04. The highest BCUT2D eigenvalue weighted by atomic mass is 35.5. The van der Waals surface area contributed by atoms with Gasteiger partial charge in [-0.05, 0) is 48.7 Å². The molecule has 0 saturated heterocycles. The standard InChI is InChI=1S/C19H23ClN4O/c1-3-23-19(25)15-9-16(21)17(22-2)10-18(15)24-7-6-12-4-5-14(20)8-13(12)11-24/h4-5,8-10,22H,3,6-7,11,21H2,1-2H3,(H,23,25). The van der Waals surface area contributed by atoms with E-state index in [1.807, 2.05) is 32.2 Å². The molecular formula is C19H23ClN4O.